The Labute approximate surface area is 158 Å². The van der Waals surface area contributed by atoms with Gasteiger partial charge in [0.25, 0.3) is 0 Å². The zero-order valence-electron chi connectivity index (χ0n) is 16.7. The molecule has 1 rings (SSSR count). The van der Waals surface area contributed by atoms with Crippen molar-refractivity contribution in [2.24, 2.45) is 10.4 Å². The standard InChI is InChI=1S/C19H39N3O2S/c1-5-18(6-2,9-12-23)15-21-17(20-7-3)22-16-19(25-8-4)10-13-24-14-11-19/h23H,5-16H2,1-4H3,(H2,20,21,22). The van der Waals surface area contributed by atoms with Gasteiger partial charge in [-0.2, -0.15) is 11.8 Å². The van der Waals surface area contributed by atoms with Gasteiger partial charge in [-0.1, -0.05) is 20.8 Å². The molecule has 3 N–H and O–H groups in total. The van der Waals surface area contributed by atoms with Crippen molar-refractivity contribution in [2.45, 2.75) is 64.5 Å². The molecular weight excluding hydrogens is 334 g/mol. The molecule has 6 heteroatoms. The zero-order valence-corrected chi connectivity index (χ0v) is 17.5. The van der Waals surface area contributed by atoms with Gasteiger partial charge in [0.05, 0.1) is 0 Å². The molecule has 0 amide bonds. The van der Waals surface area contributed by atoms with Gasteiger partial charge in [0.15, 0.2) is 5.96 Å². The lowest BCUT2D eigenvalue weighted by molar-refractivity contribution is 0.0782. The number of ether oxygens (including phenoxy) is 1. The number of hydrogen-bond donors (Lipinski definition) is 3. The number of nitrogens with zero attached hydrogens (tertiary/aromatic N) is 1. The highest BCUT2D eigenvalue weighted by Crippen LogP contribution is 2.35. The lowest BCUT2D eigenvalue weighted by atomic mass is 9.79. The molecule has 0 aromatic heterocycles. The lowest BCUT2D eigenvalue weighted by Crippen LogP contribution is -2.48. The Kier molecular flexibility index (Phi) is 10.9. The molecule has 0 aromatic carbocycles. The van der Waals surface area contributed by atoms with Gasteiger partial charge in [0.2, 0.25) is 0 Å². The zero-order chi connectivity index (χ0) is 18.6. The summed E-state index contributed by atoms with van der Waals surface area (Å²) in [6.07, 6.45) is 5.09. The van der Waals surface area contributed by atoms with Crippen molar-refractivity contribution in [2.75, 3.05) is 45.2 Å². The molecule has 0 radical (unpaired) electrons. The topological polar surface area (TPSA) is 65.9 Å². The Morgan fingerprint density at radius 3 is 2.36 bits per heavy atom. The van der Waals surface area contributed by atoms with Crippen LogP contribution < -0.4 is 10.6 Å². The van der Waals surface area contributed by atoms with E-state index in [2.05, 4.69) is 38.3 Å². The minimum absolute atomic E-state index is 0.103. The fourth-order valence-electron chi connectivity index (χ4n) is 3.40. The minimum atomic E-state index is 0.103. The normalized spacial score (nSPS) is 18.2. The van der Waals surface area contributed by atoms with Crippen LogP contribution in [-0.2, 0) is 4.74 Å². The third-order valence-corrected chi connectivity index (χ3v) is 6.95. The first-order chi connectivity index (χ1) is 12.1. The summed E-state index contributed by atoms with van der Waals surface area (Å²) in [7, 11) is 0. The summed E-state index contributed by atoms with van der Waals surface area (Å²) in [6.45, 7) is 13.2. The maximum Gasteiger partial charge on any atom is 0.191 e. The second-order valence-electron chi connectivity index (χ2n) is 6.96. The molecule has 1 aliphatic heterocycles. The van der Waals surface area contributed by atoms with E-state index in [0.29, 0.717) is 0 Å². The smallest absolute Gasteiger partial charge is 0.191 e. The van der Waals surface area contributed by atoms with Crippen LogP contribution in [0.2, 0.25) is 0 Å². The first kappa shape index (κ1) is 22.6. The highest BCUT2D eigenvalue weighted by Gasteiger charge is 2.33. The summed E-state index contributed by atoms with van der Waals surface area (Å²) in [5.74, 6) is 2.02. The molecule has 0 unspecified atom stereocenters. The number of aliphatic hydroxyl groups excluding tert-OH is 1. The fraction of sp³-hybridized carbons (Fsp3) is 0.947. The molecule has 5 nitrogen and oxygen atoms in total. The van der Waals surface area contributed by atoms with Gasteiger partial charge in [0, 0.05) is 44.2 Å². The summed E-state index contributed by atoms with van der Waals surface area (Å²) >= 11 is 2.04. The summed E-state index contributed by atoms with van der Waals surface area (Å²) in [4.78, 5) is 4.86. The molecule has 0 aromatic rings. The van der Waals surface area contributed by atoms with E-state index in [0.717, 1.165) is 76.7 Å². The Balaban J connectivity index is 2.73. The van der Waals surface area contributed by atoms with Gasteiger partial charge in [0.1, 0.15) is 0 Å². The van der Waals surface area contributed by atoms with E-state index in [1.54, 1.807) is 0 Å². The predicted octanol–water partition coefficient (Wildman–Crippen LogP) is 3.03. The quantitative estimate of drug-likeness (QED) is 0.384. The molecule has 148 valence electrons. The molecule has 1 saturated heterocycles. The number of guanidine groups is 1. The number of nitrogens with one attached hydrogen (secondary N) is 2. The molecule has 1 fully saturated rings. The van der Waals surface area contributed by atoms with Crippen LogP contribution in [0.25, 0.3) is 0 Å². The molecule has 0 saturated carbocycles. The Morgan fingerprint density at radius 2 is 1.84 bits per heavy atom. The third kappa shape index (κ3) is 7.35. The van der Waals surface area contributed by atoms with Crippen LogP contribution in [0.3, 0.4) is 0 Å². The molecule has 1 heterocycles. The molecule has 1 aliphatic rings. The first-order valence-electron chi connectivity index (χ1n) is 9.94. The number of rotatable bonds is 11. The average molecular weight is 374 g/mol. The van der Waals surface area contributed by atoms with E-state index < -0.39 is 0 Å². The third-order valence-electron chi connectivity index (χ3n) is 5.49. The van der Waals surface area contributed by atoms with E-state index in [1.165, 1.54) is 0 Å². The SMILES string of the molecule is CCNC(=NCC(CC)(CC)CCO)NCC1(SCC)CCOCC1. The van der Waals surface area contributed by atoms with E-state index in [-0.39, 0.29) is 16.8 Å². The molecule has 0 aliphatic carbocycles. The summed E-state index contributed by atoms with van der Waals surface area (Å²) < 4.78 is 5.81. The number of aliphatic hydroxyl groups is 1. The summed E-state index contributed by atoms with van der Waals surface area (Å²) in [5, 5.41) is 16.4. The van der Waals surface area contributed by atoms with Crippen molar-refractivity contribution in [3.63, 3.8) is 0 Å². The monoisotopic (exact) mass is 373 g/mol. The van der Waals surface area contributed by atoms with E-state index >= 15 is 0 Å². The van der Waals surface area contributed by atoms with Crippen LogP contribution in [-0.4, -0.2) is 61.0 Å². The maximum absolute atomic E-state index is 9.40. The summed E-state index contributed by atoms with van der Waals surface area (Å²) in [5.41, 5.74) is 0.103. The van der Waals surface area contributed by atoms with Crippen LogP contribution in [0.15, 0.2) is 4.99 Å². The van der Waals surface area contributed by atoms with Gasteiger partial charge < -0.3 is 20.5 Å². The minimum Gasteiger partial charge on any atom is -0.396 e. The highest BCUT2D eigenvalue weighted by molar-refractivity contribution is 8.00. The van der Waals surface area contributed by atoms with Crippen molar-refractivity contribution < 1.29 is 9.84 Å². The van der Waals surface area contributed by atoms with Crippen LogP contribution >= 0.6 is 11.8 Å². The molecule has 0 bridgehead atoms. The second-order valence-corrected chi connectivity index (χ2v) is 8.69. The van der Waals surface area contributed by atoms with Crippen LogP contribution in [0.5, 0.6) is 0 Å². The van der Waals surface area contributed by atoms with Crippen molar-refractivity contribution >= 4 is 17.7 Å². The van der Waals surface area contributed by atoms with Crippen molar-refractivity contribution in [3.8, 4) is 0 Å². The van der Waals surface area contributed by atoms with Crippen LogP contribution in [0.4, 0.5) is 0 Å². The fourth-order valence-corrected chi connectivity index (χ4v) is 4.64. The van der Waals surface area contributed by atoms with E-state index in [4.69, 9.17) is 9.73 Å². The molecule has 25 heavy (non-hydrogen) atoms. The Morgan fingerprint density at radius 1 is 1.16 bits per heavy atom. The Bertz CT molecular complexity index is 375. The second kappa shape index (κ2) is 12.0. The highest BCUT2D eigenvalue weighted by atomic mass is 32.2. The van der Waals surface area contributed by atoms with Gasteiger partial charge in [-0.25, -0.2) is 0 Å². The van der Waals surface area contributed by atoms with Gasteiger partial charge in [-0.15, -0.1) is 0 Å². The van der Waals surface area contributed by atoms with Crippen LogP contribution in [0, 0.1) is 5.41 Å². The van der Waals surface area contributed by atoms with Crippen molar-refractivity contribution in [1.29, 1.82) is 0 Å². The number of thioether (sulfide) groups is 1. The van der Waals surface area contributed by atoms with Gasteiger partial charge in [-0.3, -0.25) is 4.99 Å². The van der Waals surface area contributed by atoms with Gasteiger partial charge >= 0.3 is 0 Å². The van der Waals surface area contributed by atoms with Gasteiger partial charge in [-0.05, 0) is 50.2 Å². The lowest BCUT2D eigenvalue weighted by Gasteiger charge is -2.37. The Hall–Kier alpha value is -0.460. The van der Waals surface area contributed by atoms with Crippen molar-refractivity contribution in [1.82, 2.24) is 10.6 Å². The largest absolute Gasteiger partial charge is 0.396 e. The summed E-state index contributed by atoms with van der Waals surface area (Å²) in [6, 6.07) is 0. The first-order valence-corrected chi connectivity index (χ1v) is 10.9. The van der Waals surface area contributed by atoms with Crippen LogP contribution in [0.1, 0.15) is 59.8 Å². The molecule has 0 spiro atoms. The van der Waals surface area contributed by atoms with Crippen molar-refractivity contribution in [3.05, 3.63) is 0 Å². The average Bonchev–Trinajstić information content (AvgIpc) is 2.64. The van der Waals surface area contributed by atoms with E-state index in [9.17, 15) is 5.11 Å². The molecular formula is C19H39N3O2S. The van der Waals surface area contributed by atoms with E-state index in [1.807, 2.05) is 11.8 Å². The molecule has 0 atom stereocenters. The number of aliphatic imine (C=N–C) groups is 1. The predicted molar refractivity (Wildman–Crippen MR) is 110 cm³/mol. The number of hydrogen-bond acceptors (Lipinski definition) is 4. The maximum atomic E-state index is 9.40.